The summed E-state index contributed by atoms with van der Waals surface area (Å²) in [5, 5.41) is 13.0. The van der Waals surface area contributed by atoms with Gasteiger partial charge in [-0.05, 0) is 17.7 Å². The van der Waals surface area contributed by atoms with Gasteiger partial charge in [0, 0.05) is 18.5 Å². The second-order valence-electron chi connectivity index (χ2n) is 4.41. The van der Waals surface area contributed by atoms with E-state index in [1.54, 1.807) is 0 Å². The molecule has 0 fully saturated rings. The third kappa shape index (κ3) is 3.63. The summed E-state index contributed by atoms with van der Waals surface area (Å²) in [5.41, 5.74) is 1.09. The molecule has 2 nitrogen and oxygen atoms in total. The molecule has 16 heavy (non-hydrogen) atoms. The van der Waals surface area contributed by atoms with Crippen LogP contribution < -0.4 is 5.32 Å². The van der Waals surface area contributed by atoms with Crippen molar-refractivity contribution in [2.24, 2.45) is 0 Å². The van der Waals surface area contributed by atoms with Crippen molar-refractivity contribution in [2.75, 3.05) is 19.7 Å². The van der Waals surface area contributed by atoms with Crippen molar-refractivity contribution >= 4 is 23.2 Å². The molecule has 0 aliphatic carbocycles. The van der Waals surface area contributed by atoms with Gasteiger partial charge in [0.05, 0.1) is 16.7 Å². The fourth-order valence-electron chi connectivity index (χ4n) is 1.50. The molecule has 0 unspecified atom stereocenters. The van der Waals surface area contributed by atoms with Crippen molar-refractivity contribution in [1.82, 2.24) is 5.32 Å². The summed E-state index contributed by atoms with van der Waals surface area (Å²) in [6, 6.07) is 5.69. The van der Waals surface area contributed by atoms with Gasteiger partial charge in [-0.2, -0.15) is 0 Å². The van der Waals surface area contributed by atoms with Gasteiger partial charge in [0.15, 0.2) is 0 Å². The van der Waals surface area contributed by atoms with Crippen LogP contribution >= 0.6 is 23.2 Å². The molecule has 0 aliphatic heterocycles. The van der Waals surface area contributed by atoms with Crippen LogP contribution in [0.3, 0.4) is 0 Å². The molecule has 0 amide bonds. The quantitative estimate of drug-likeness (QED) is 0.800. The molecule has 0 aliphatic rings. The van der Waals surface area contributed by atoms with E-state index in [-0.39, 0.29) is 12.0 Å². The van der Waals surface area contributed by atoms with Crippen LogP contribution in [0.4, 0.5) is 0 Å². The van der Waals surface area contributed by atoms with E-state index in [2.05, 4.69) is 19.2 Å². The molecule has 0 atom stereocenters. The van der Waals surface area contributed by atoms with Crippen molar-refractivity contribution in [3.63, 3.8) is 0 Å². The molecule has 0 spiro atoms. The summed E-state index contributed by atoms with van der Waals surface area (Å²) in [4.78, 5) is 0. The van der Waals surface area contributed by atoms with Crippen LogP contribution in [0.15, 0.2) is 18.2 Å². The average Bonchev–Trinajstić information content (AvgIpc) is 2.22. The zero-order valence-corrected chi connectivity index (χ0v) is 11.1. The molecule has 0 heterocycles. The zero-order chi connectivity index (χ0) is 12.2. The highest BCUT2D eigenvalue weighted by atomic mass is 35.5. The lowest BCUT2D eigenvalue weighted by Crippen LogP contribution is -2.34. The highest BCUT2D eigenvalue weighted by molar-refractivity contribution is 6.42. The molecule has 0 saturated heterocycles. The molecule has 1 rings (SSSR count). The van der Waals surface area contributed by atoms with Crippen LogP contribution in [0.5, 0.6) is 0 Å². The smallest absolute Gasteiger partial charge is 0.0595 e. The Kier molecular flexibility index (Phi) is 5.06. The highest BCUT2D eigenvalue weighted by Gasteiger charge is 2.20. The Balaban J connectivity index is 2.76. The Bertz CT molecular complexity index is 353. The van der Waals surface area contributed by atoms with Gasteiger partial charge in [0.1, 0.15) is 0 Å². The van der Waals surface area contributed by atoms with E-state index < -0.39 is 0 Å². The second kappa shape index (κ2) is 5.87. The first kappa shape index (κ1) is 13.8. The first-order valence-corrected chi connectivity index (χ1v) is 6.00. The minimum atomic E-state index is -0.0383. The molecule has 1 aromatic carbocycles. The van der Waals surface area contributed by atoms with Crippen LogP contribution in [-0.2, 0) is 5.41 Å². The number of hydrogen-bond acceptors (Lipinski definition) is 2. The molecule has 1 aromatic rings. The van der Waals surface area contributed by atoms with Gasteiger partial charge in [-0.3, -0.25) is 0 Å². The van der Waals surface area contributed by atoms with Crippen LogP contribution in [0.1, 0.15) is 19.4 Å². The van der Waals surface area contributed by atoms with Gasteiger partial charge in [0.2, 0.25) is 0 Å². The van der Waals surface area contributed by atoms with Crippen LogP contribution in [0.2, 0.25) is 10.0 Å². The number of rotatable bonds is 5. The molecule has 0 bridgehead atoms. The van der Waals surface area contributed by atoms with Gasteiger partial charge < -0.3 is 10.4 Å². The molecule has 0 aromatic heterocycles. The van der Waals surface area contributed by atoms with E-state index in [4.69, 9.17) is 28.3 Å². The SMILES string of the molecule is CC(C)(CNCCO)c1ccc(Cl)c(Cl)c1. The van der Waals surface area contributed by atoms with E-state index in [9.17, 15) is 0 Å². The van der Waals surface area contributed by atoms with Crippen LogP contribution in [0.25, 0.3) is 0 Å². The zero-order valence-electron chi connectivity index (χ0n) is 9.56. The third-order valence-corrected chi connectivity index (χ3v) is 3.30. The number of aliphatic hydroxyl groups excluding tert-OH is 1. The van der Waals surface area contributed by atoms with Gasteiger partial charge in [0.25, 0.3) is 0 Å². The predicted octanol–water partition coefficient (Wildman–Crippen LogP) is 2.85. The Morgan fingerprint density at radius 3 is 2.50 bits per heavy atom. The molecule has 2 N–H and O–H groups in total. The first-order chi connectivity index (χ1) is 7.47. The summed E-state index contributed by atoms with van der Waals surface area (Å²) >= 11 is 11.9. The summed E-state index contributed by atoms with van der Waals surface area (Å²) in [6.07, 6.45) is 0. The maximum Gasteiger partial charge on any atom is 0.0595 e. The fraction of sp³-hybridized carbons (Fsp3) is 0.500. The highest BCUT2D eigenvalue weighted by Crippen LogP contribution is 2.29. The van der Waals surface area contributed by atoms with Gasteiger partial charge in [-0.25, -0.2) is 0 Å². The van der Waals surface area contributed by atoms with Crippen LogP contribution in [0, 0.1) is 0 Å². The van der Waals surface area contributed by atoms with Gasteiger partial charge in [-0.1, -0.05) is 43.1 Å². The maximum absolute atomic E-state index is 8.71. The van der Waals surface area contributed by atoms with Crippen molar-refractivity contribution in [3.05, 3.63) is 33.8 Å². The molecular formula is C12H17Cl2NO. The lowest BCUT2D eigenvalue weighted by molar-refractivity contribution is 0.286. The number of nitrogens with one attached hydrogen (secondary N) is 1. The Morgan fingerprint density at radius 2 is 1.94 bits per heavy atom. The first-order valence-electron chi connectivity index (χ1n) is 5.24. The number of hydrogen-bond donors (Lipinski definition) is 2. The summed E-state index contributed by atoms with van der Waals surface area (Å²) in [6.45, 7) is 5.78. The summed E-state index contributed by atoms with van der Waals surface area (Å²) in [7, 11) is 0. The van der Waals surface area contributed by atoms with E-state index in [0.717, 1.165) is 12.1 Å². The van der Waals surface area contributed by atoms with Crippen molar-refractivity contribution in [3.8, 4) is 0 Å². The molecule has 90 valence electrons. The molecular weight excluding hydrogens is 245 g/mol. The largest absolute Gasteiger partial charge is 0.395 e. The Labute approximate surface area is 107 Å². The topological polar surface area (TPSA) is 32.3 Å². The number of benzene rings is 1. The number of aliphatic hydroxyl groups is 1. The summed E-state index contributed by atoms with van der Waals surface area (Å²) < 4.78 is 0. The van der Waals surface area contributed by atoms with Crippen LogP contribution in [-0.4, -0.2) is 24.8 Å². The lowest BCUT2D eigenvalue weighted by Gasteiger charge is -2.26. The fourth-order valence-corrected chi connectivity index (χ4v) is 1.80. The maximum atomic E-state index is 8.71. The minimum Gasteiger partial charge on any atom is -0.395 e. The standard InChI is InChI=1S/C12H17Cl2NO/c1-12(2,8-15-5-6-16)9-3-4-10(13)11(14)7-9/h3-4,7,15-16H,5-6,8H2,1-2H3. The van der Waals surface area contributed by atoms with Gasteiger partial charge in [-0.15, -0.1) is 0 Å². The predicted molar refractivity (Wildman–Crippen MR) is 69.4 cm³/mol. The van der Waals surface area contributed by atoms with Crippen molar-refractivity contribution in [2.45, 2.75) is 19.3 Å². The van der Waals surface area contributed by atoms with E-state index in [1.807, 2.05) is 18.2 Å². The summed E-state index contributed by atoms with van der Waals surface area (Å²) in [5.74, 6) is 0. The molecule has 4 heteroatoms. The Morgan fingerprint density at radius 1 is 1.25 bits per heavy atom. The van der Waals surface area contributed by atoms with E-state index in [1.165, 1.54) is 0 Å². The number of halogens is 2. The second-order valence-corrected chi connectivity index (χ2v) is 5.23. The normalized spacial score (nSPS) is 11.8. The van der Waals surface area contributed by atoms with E-state index >= 15 is 0 Å². The Hall–Kier alpha value is -0.280. The lowest BCUT2D eigenvalue weighted by atomic mass is 9.84. The molecule has 0 saturated carbocycles. The molecule has 0 radical (unpaired) electrons. The minimum absolute atomic E-state index is 0.0383. The van der Waals surface area contributed by atoms with Gasteiger partial charge >= 0.3 is 0 Å². The monoisotopic (exact) mass is 261 g/mol. The van der Waals surface area contributed by atoms with Crippen molar-refractivity contribution in [1.29, 1.82) is 0 Å². The van der Waals surface area contributed by atoms with E-state index in [0.29, 0.717) is 16.6 Å². The average molecular weight is 262 g/mol. The van der Waals surface area contributed by atoms with Crippen molar-refractivity contribution < 1.29 is 5.11 Å². The third-order valence-electron chi connectivity index (χ3n) is 2.56.